The van der Waals surface area contributed by atoms with Crippen LogP contribution >= 0.6 is 0 Å². The minimum absolute atomic E-state index is 0.171. The zero-order valence-electron chi connectivity index (χ0n) is 15.9. The van der Waals surface area contributed by atoms with Crippen LogP contribution in [-0.2, 0) is 0 Å². The van der Waals surface area contributed by atoms with Gasteiger partial charge in [-0.2, -0.15) is 0 Å². The maximum Gasteiger partial charge on any atom is 0.255 e. The van der Waals surface area contributed by atoms with Gasteiger partial charge >= 0.3 is 0 Å². The van der Waals surface area contributed by atoms with E-state index in [1.54, 1.807) is 26.4 Å². The number of carbonyl (C=O) groups is 1. The third-order valence-electron chi connectivity index (χ3n) is 4.95. The maximum absolute atomic E-state index is 12.6. The van der Waals surface area contributed by atoms with Gasteiger partial charge in [-0.15, -0.1) is 0 Å². The third-order valence-corrected chi connectivity index (χ3v) is 4.95. The molecule has 1 amide bonds. The lowest BCUT2D eigenvalue weighted by atomic mass is 9.98. The number of nitrogens with one attached hydrogen (secondary N) is 1. The molecule has 2 rings (SSSR count). The van der Waals surface area contributed by atoms with E-state index in [0.717, 1.165) is 19.0 Å². The van der Waals surface area contributed by atoms with Crippen molar-refractivity contribution in [3.05, 3.63) is 17.7 Å². The van der Waals surface area contributed by atoms with Gasteiger partial charge in [-0.25, -0.2) is 0 Å². The topological polar surface area (TPSA) is 60.0 Å². The van der Waals surface area contributed by atoms with E-state index in [0.29, 0.717) is 35.4 Å². The van der Waals surface area contributed by atoms with Crippen molar-refractivity contribution in [1.29, 1.82) is 0 Å². The summed E-state index contributed by atoms with van der Waals surface area (Å²) in [7, 11) is 4.64. The van der Waals surface area contributed by atoms with Gasteiger partial charge in [-0.1, -0.05) is 6.92 Å². The van der Waals surface area contributed by atoms with Gasteiger partial charge in [0.1, 0.15) is 5.75 Å². The van der Waals surface area contributed by atoms with Gasteiger partial charge < -0.3 is 19.5 Å². The van der Waals surface area contributed by atoms with E-state index in [1.807, 2.05) is 0 Å². The summed E-state index contributed by atoms with van der Waals surface area (Å²) in [5.74, 6) is 2.14. The molecule has 1 atom stereocenters. The maximum atomic E-state index is 12.6. The van der Waals surface area contributed by atoms with E-state index in [2.05, 4.69) is 24.1 Å². The molecule has 0 saturated carbocycles. The molecule has 6 heteroatoms. The van der Waals surface area contributed by atoms with Crippen LogP contribution in [0.3, 0.4) is 0 Å². The Bertz CT molecular complexity index is 583. The highest BCUT2D eigenvalue weighted by Gasteiger charge is 2.22. The van der Waals surface area contributed by atoms with E-state index in [1.165, 1.54) is 20.0 Å². The Hall–Kier alpha value is -1.95. The minimum Gasteiger partial charge on any atom is -0.496 e. The number of nitrogens with zero attached hydrogens (tertiary/aromatic N) is 1. The van der Waals surface area contributed by atoms with Crippen molar-refractivity contribution in [2.75, 3.05) is 41.0 Å². The Morgan fingerprint density at radius 1 is 1.12 bits per heavy atom. The molecule has 1 fully saturated rings. The van der Waals surface area contributed by atoms with E-state index in [9.17, 15) is 4.79 Å². The summed E-state index contributed by atoms with van der Waals surface area (Å²) in [6, 6.07) is 3.63. The molecule has 1 aliphatic heterocycles. The molecule has 1 N–H and O–H groups in total. The van der Waals surface area contributed by atoms with Gasteiger partial charge in [0.05, 0.1) is 26.9 Å². The fraction of sp³-hybridized carbons (Fsp3) is 0.632. The van der Waals surface area contributed by atoms with Gasteiger partial charge in [0.2, 0.25) is 0 Å². The lowest BCUT2D eigenvalue weighted by molar-refractivity contribution is 0.0918. The number of benzene rings is 1. The van der Waals surface area contributed by atoms with Gasteiger partial charge in [0.25, 0.3) is 5.91 Å². The largest absolute Gasteiger partial charge is 0.496 e. The zero-order valence-corrected chi connectivity index (χ0v) is 15.9. The average molecular weight is 350 g/mol. The molecule has 140 valence electrons. The van der Waals surface area contributed by atoms with E-state index >= 15 is 0 Å². The van der Waals surface area contributed by atoms with Gasteiger partial charge in [-0.05, 0) is 38.8 Å². The highest BCUT2D eigenvalue weighted by Crippen LogP contribution is 2.34. The lowest BCUT2D eigenvalue weighted by Crippen LogP contribution is -2.45. The summed E-state index contributed by atoms with van der Waals surface area (Å²) in [6.45, 7) is 7.25. The molecule has 0 radical (unpaired) electrons. The Kier molecular flexibility index (Phi) is 6.93. The van der Waals surface area contributed by atoms with Crippen molar-refractivity contribution in [1.82, 2.24) is 10.2 Å². The van der Waals surface area contributed by atoms with Crippen LogP contribution in [0.15, 0.2) is 12.1 Å². The molecule has 1 aromatic rings. The van der Waals surface area contributed by atoms with Crippen LogP contribution in [0.25, 0.3) is 0 Å². The van der Waals surface area contributed by atoms with Crippen LogP contribution in [0.2, 0.25) is 0 Å². The lowest BCUT2D eigenvalue weighted by Gasteiger charge is -2.35. The van der Waals surface area contributed by atoms with E-state index < -0.39 is 0 Å². The van der Waals surface area contributed by atoms with Gasteiger partial charge in [0.15, 0.2) is 11.5 Å². The first-order valence-corrected chi connectivity index (χ1v) is 8.82. The average Bonchev–Trinajstić information content (AvgIpc) is 2.65. The minimum atomic E-state index is -0.171. The second-order valence-electron chi connectivity index (χ2n) is 6.69. The van der Waals surface area contributed by atoms with Gasteiger partial charge in [-0.3, -0.25) is 9.69 Å². The predicted octanol–water partition coefficient (Wildman–Crippen LogP) is 2.56. The first kappa shape index (κ1) is 19.4. The summed E-state index contributed by atoms with van der Waals surface area (Å²) in [6.07, 6.45) is 2.45. The quantitative estimate of drug-likeness (QED) is 0.819. The molecule has 1 heterocycles. The molecule has 1 aromatic carbocycles. The fourth-order valence-corrected chi connectivity index (χ4v) is 3.14. The van der Waals surface area contributed by atoms with Crippen LogP contribution in [-0.4, -0.2) is 57.8 Å². The van der Waals surface area contributed by atoms with Crippen molar-refractivity contribution in [3.8, 4) is 17.2 Å². The number of carbonyl (C=O) groups excluding carboxylic acids is 1. The Balaban J connectivity index is 2.02. The first-order valence-electron chi connectivity index (χ1n) is 8.82. The van der Waals surface area contributed by atoms with Crippen LogP contribution < -0.4 is 19.5 Å². The number of ether oxygens (including phenoxy) is 3. The number of rotatable bonds is 7. The molecule has 1 aliphatic rings. The molecule has 1 saturated heterocycles. The number of hydrogen-bond acceptors (Lipinski definition) is 5. The smallest absolute Gasteiger partial charge is 0.255 e. The van der Waals surface area contributed by atoms with E-state index in [4.69, 9.17) is 14.2 Å². The summed E-state index contributed by atoms with van der Waals surface area (Å²) in [5, 5.41) is 3.01. The predicted molar refractivity (Wildman–Crippen MR) is 97.9 cm³/mol. The number of piperidine rings is 1. The molecular formula is C19H30N2O4. The van der Waals surface area contributed by atoms with Crippen molar-refractivity contribution in [2.45, 2.75) is 32.7 Å². The Morgan fingerprint density at radius 3 is 2.24 bits per heavy atom. The second-order valence-corrected chi connectivity index (χ2v) is 6.69. The number of hydrogen-bond donors (Lipinski definition) is 1. The third kappa shape index (κ3) is 4.78. The molecule has 0 spiro atoms. The van der Waals surface area contributed by atoms with Crippen LogP contribution in [0.5, 0.6) is 17.2 Å². The summed E-state index contributed by atoms with van der Waals surface area (Å²) in [5.41, 5.74) is 0.444. The molecule has 6 nitrogen and oxygen atoms in total. The highest BCUT2D eigenvalue weighted by molar-refractivity contribution is 5.97. The number of methoxy groups -OCH3 is 3. The van der Waals surface area contributed by atoms with Crippen molar-refractivity contribution >= 4 is 5.91 Å². The SMILES string of the molecule is COc1cc(OC)c(C(=O)NCC(C)N2CCC(C)CC2)cc1OC. The second kappa shape index (κ2) is 8.94. The van der Waals surface area contributed by atoms with Crippen molar-refractivity contribution in [3.63, 3.8) is 0 Å². The highest BCUT2D eigenvalue weighted by atomic mass is 16.5. The standard InChI is InChI=1S/C19H30N2O4/c1-13-6-8-21(9-7-13)14(2)12-20-19(22)15-10-17(24-4)18(25-5)11-16(15)23-3/h10-11,13-14H,6-9,12H2,1-5H3,(H,20,22). The van der Waals surface area contributed by atoms with E-state index in [-0.39, 0.29) is 5.91 Å². The van der Waals surface area contributed by atoms with Crippen LogP contribution in [0, 0.1) is 5.92 Å². The van der Waals surface area contributed by atoms with Crippen LogP contribution in [0.1, 0.15) is 37.0 Å². The molecule has 25 heavy (non-hydrogen) atoms. The Labute approximate surface area is 150 Å². The Morgan fingerprint density at radius 2 is 1.68 bits per heavy atom. The molecule has 0 aliphatic carbocycles. The fourth-order valence-electron chi connectivity index (χ4n) is 3.14. The monoisotopic (exact) mass is 350 g/mol. The normalized spacial score (nSPS) is 17.0. The van der Waals surface area contributed by atoms with Crippen LogP contribution in [0.4, 0.5) is 0 Å². The summed E-state index contributed by atoms with van der Waals surface area (Å²) >= 11 is 0. The first-order chi connectivity index (χ1) is 12.0. The summed E-state index contributed by atoms with van der Waals surface area (Å²) in [4.78, 5) is 15.1. The molecule has 0 bridgehead atoms. The van der Waals surface area contributed by atoms with Crippen molar-refractivity contribution < 1.29 is 19.0 Å². The van der Waals surface area contributed by atoms with Gasteiger partial charge in [0, 0.05) is 24.7 Å². The summed E-state index contributed by atoms with van der Waals surface area (Å²) < 4.78 is 15.9. The number of amides is 1. The number of likely N-dealkylation sites (tertiary alicyclic amines) is 1. The molecular weight excluding hydrogens is 320 g/mol. The van der Waals surface area contributed by atoms with Crippen molar-refractivity contribution in [2.24, 2.45) is 5.92 Å². The molecule has 1 unspecified atom stereocenters. The zero-order chi connectivity index (χ0) is 18.4. The molecule has 0 aromatic heterocycles.